The Balaban J connectivity index is 2.41. The van der Waals surface area contributed by atoms with E-state index in [9.17, 15) is 4.39 Å². The van der Waals surface area contributed by atoms with E-state index in [1.165, 1.54) is 26.4 Å². The molecule has 0 aromatic heterocycles. The fraction of sp³-hybridized carbons (Fsp3) is 0.143. The van der Waals surface area contributed by atoms with Gasteiger partial charge in [-0.3, -0.25) is 0 Å². The number of anilines is 3. The van der Waals surface area contributed by atoms with Crippen molar-refractivity contribution in [2.75, 3.05) is 25.3 Å². The van der Waals surface area contributed by atoms with E-state index >= 15 is 0 Å². The molecule has 0 fully saturated rings. The summed E-state index contributed by atoms with van der Waals surface area (Å²) in [4.78, 5) is 0. The van der Waals surface area contributed by atoms with Crippen molar-refractivity contribution in [3.63, 3.8) is 0 Å². The van der Waals surface area contributed by atoms with Gasteiger partial charge in [0.2, 0.25) is 0 Å². The van der Waals surface area contributed by atoms with E-state index in [0.717, 1.165) is 0 Å². The molecule has 0 atom stereocenters. The normalized spacial score (nSPS) is 10.2. The minimum absolute atomic E-state index is 0.219. The molecule has 20 heavy (non-hydrogen) atoms. The van der Waals surface area contributed by atoms with E-state index in [0.29, 0.717) is 22.2 Å². The van der Waals surface area contributed by atoms with E-state index in [-0.39, 0.29) is 11.4 Å². The first-order valence-electron chi connectivity index (χ1n) is 5.78. The maximum absolute atomic E-state index is 13.9. The molecule has 0 saturated heterocycles. The Kier molecular flexibility index (Phi) is 4.20. The number of nitrogen functional groups attached to an aromatic ring is 1. The Bertz CT molecular complexity index is 635. The molecule has 0 unspecified atom stereocenters. The first-order valence-corrected chi connectivity index (χ1v) is 6.16. The average molecular weight is 297 g/mol. The van der Waals surface area contributed by atoms with Gasteiger partial charge in [-0.05, 0) is 18.2 Å². The predicted octanol–water partition coefficient (Wildman–Crippen LogP) is 3.82. The Morgan fingerprint density at radius 3 is 2.40 bits per heavy atom. The van der Waals surface area contributed by atoms with E-state index in [1.807, 2.05) is 0 Å². The molecule has 0 aliphatic heterocycles. The van der Waals surface area contributed by atoms with Crippen LogP contribution in [0.5, 0.6) is 11.5 Å². The fourth-order valence-electron chi connectivity index (χ4n) is 1.76. The summed E-state index contributed by atoms with van der Waals surface area (Å²) in [6, 6.07) is 7.69. The molecule has 2 aromatic carbocycles. The van der Waals surface area contributed by atoms with E-state index in [1.54, 1.807) is 18.2 Å². The molecule has 0 radical (unpaired) electrons. The van der Waals surface area contributed by atoms with Gasteiger partial charge >= 0.3 is 0 Å². The van der Waals surface area contributed by atoms with Crippen molar-refractivity contribution in [3.05, 3.63) is 41.2 Å². The first-order chi connectivity index (χ1) is 9.55. The van der Waals surface area contributed by atoms with Crippen LogP contribution in [0, 0.1) is 5.82 Å². The summed E-state index contributed by atoms with van der Waals surface area (Å²) in [6.07, 6.45) is 0. The topological polar surface area (TPSA) is 56.5 Å². The number of benzene rings is 2. The number of methoxy groups -OCH3 is 2. The standard InChI is InChI=1S/C14H14ClFN2O2/c1-19-13-4-3-8(15)5-12(13)18-11-7-14(20-2)10(17)6-9(11)16/h3-7,18H,17H2,1-2H3. The summed E-state index contributed by atoms with van der Waals surface area (Å²) in [6.45, 7) is 0. The molecule has 0 bridgehead atoms. The van der Waals surface area contributed by atoms with E-state index < -0.39 is 5.82 Å². The maximum atomic E-state index is 13.9. The van der Waals surface area contributed by atoms with E-state index in [2.05, 4.69) is 5.32 Å². The summed E-state index contributed by atoms with van der Waals surface area (Å²) in [7, 11) is 2.99. The Morgan fingerprint density at radius 1 is 1.05 bits per heavy atom. The zero-order valence-corrected chi connectivity index (χ0v) is 11.8. The lowest BCUT2D eigenvalue weighted by Crippen LogP contribution is -2.00. The van der Waals surface area contributed by atoms with Crippen LogP contribution in [-0.4, -0.2) is 14.2 Å². The van der Waals surface area contributed by atoms with Crippen molar-refractivity contribution in [3.8, 4) is 11.5 Å². The van der Waals surface area contributed by atoms with Gasteiger partial charge in [0.05, 0.1) is 31.3 Å². The molecule has 0 aliphatic rings. The van der Waals surface area contributed by atoms with Crippen LogP contribution in [-0.2, 0) is 0 Å². The maximum Gasteiger partial charge on any atom is 0.148 e. The number of ether oxygens (including phenoxy) is 2. The fourth-order valence-corrected chi connectivity index (χ4v) is 1.94. The molecular weight excluding hydrogens is 283 g/mol. The number of halogens is 2. The number of nitrogens with one attached hydrogen (secondary N) is 1. The summed E-state index contributed by atoms with van der Waals surface area (Å²) < 4.78 is 24.2. The zero-order valence-electron chi connectivity index (χ0n) is 11.0. The Hall–Kier alpha value is -2.14. The SMILES string of the molecule is COc1cc(Nc2cc(Cl)ccc2OC)c(F)cc1N. The lowest BCUT2D eigenvalue weighted by Gasteiger charge is -2.14. The van der Waals surface area contributed by atoms with Crippen LogP contribution >= 0.6 is 11.6 Å². The first kappa shape index (κ1) is 14.3. The van der Waals surface area contributed by atoms with Crippen molar-refractivity contribution in [2.45, 2.75) is 0 Å². The molecule has 0 spiro atoms. The molecule has 4 nitrogen and oxygen atoms in total. The summed E-state index contributed by atoms with van der Waals surface area (Å²) in [5, 5.41) is 3.42. The second kappa shape index (κ2) is 5.88. The number of nitrogens with two attached hydrogens (primary N) is 1. The minimum atomic E-state index is -0.495. The molecule has 106 valence electrons. The van der Waals surface area contributed by atoms with Gasteiger partial charge in [0, 0.05) is 17.2 Å². The van der Waals surface area contributed by atoms with Crippen molar-refractivity contribution < 1.29 is 13.9 Å². The largest absolute Gasteiger partial charge is 0.495 e. The molecule has 3 N–H and O–H groups in total. The van der Waals surface area contributed by atoms with Crippen LogP contribution in [0.15, 0.2) is 30.3 Å². The third kappa shape index (κ3) is 2.88. The lowest BCUT2D eigenvalue weighted by molar-refractivity contribution is 0.415. The van der Waals surface area contributed by atoms with Gasteiger partial charge in [-0.15, -0.1) is 0 Å². The third-order valence-electron chi connectivity index (χ3n) is 2.75. The van der Waals surface area contributed by atoms with Crippen LogP contribution in [0.3, 0.4) is 0 Å². The van der Waals surface area contributed by atoms with Crippen molar-refractivity contribution >= 4 is 28.7 Å². The lowest BCUT2D eigenvalue weighted by atomic mass is 10.2. The van der Waals surface area contributed by atoms with Crippen molar-refractivity contribution in [2.24, 2.45) is 0 Å². The van der Waals surface area contributed by atoms with Crippen LogP contribution in [0.2, 0.25) is 5.02 Å². The molecule has 2 rings (SSSR count). The highest BCUT2D eigenvalue weighted by atomic mass is 35.5. The van der Waals surface area contributed by atoms with E-state index in [4.69, 9.17) is 26.8 Å². The molecular formula is C14H14ClFN2O2. The molecule has 6 heteroatoms. The zero-order chi connectivity index (χ0) is 14.7. The highest BCUT2D eigenvalue weighted by Crippen LogP contribution is 2.34. The summed E-state index contributed by atoms with van der Waals surface area (Å²) in [5.41, 5.74) is 6.63. The number of hydrogen-bond acceptors (Lipinski definition) is 4. The second-order valence-electron chi connectivity index (χ2n) is 4.04. The molecule has 0 saturated carbocycles. The van der Waals surface area contributed by atoms with Gasteiger partial charge in [0.25, 0.3) is 0 Å². The van der Waals surface area contributed by atoms with Crippen molar-refractivity contribution in [1.29, 1.82) is 0 Å². The van der Waals surface area contributed by atoms with Crippen LogP contribution < -0.4 is 20.5 Å². The quantitative estimate of drug-likeness (QED) is 0.842. The van der Waals surface area contributed by atoms with Crippen LogP contribution in [0.25, 0.3) is 0 Å². The Morgan fingerprint density at radius 2 is 1.75 bits per heavy atom. The molecule has 0 heterocycles. The minimum Gasteiger partial charge on any atom is -0.495 e. The predicted molar refractivity (Wildman–Crippen MR) is 78.7 cm³/mol. The van der Waals surface area contributed by atoms with Crippen molar-refractivity contribution in [1.82, 2.24) is 0 Å². The van der Waals surface area contributed by atoms with Gasteiger partial charge < -0.3 is 20.5 Å². The highest BCUT2D eigenvalue weighted by molar-refractivity contribution is 6.31. The molecule has 0 amide bonds. The number of rotatable bonds is 4. The molecule has 0 aliphatic carbocycles. The van der Waals surface area contributed by atoms with Gasteiger partial charge in [0.1, 0.15) is 17.3 Å². The number of hydrogen-bond donors (Lipinski definition) is 2. The average Bonchev–Trinajstić information content (AvgIpc) is 2.42. The smallest absolute Gasteiger partial charge is 0.148 e. The van der Waals surface area contributed by atoms with Gasteiger partial charge in [-0.2, -0.15) is 0 Å². The van der Waals surface area contributed by atoms with Crippen LogP contribution in [0.4, 0.5) is 21.5 Å². The van der Waals surface area contributed by atoms with Gasteiger partial charge in [0.15, 0.2) is 0 Å². The summed E-state index contributed by atoms with van der Waals surface area (Å²) in [5.74, 6) is 0.435. The van der Waals surface area contributed by atoms with Gasteiger partial charge in [-0.1, -0.05) is 11.6 Å². The third-order valence-corrected chi connectivity index (χ3v) is 2.99. The highest BCUT2D eigenvalue weighted by Gasteiger charge is 2.11. The second-order valence-corrected chi connectivity index (χ2v) is 4.48. The Labute approximate surface area is 121 Å². The van der Waals surface area contributed by atoms with Gasteiger partial charge in [-0.25, -0.2) is 4.39 Å². The summed E-state index contributed by atoms with van der Waals surface area (Å²) >= 11 is 5.93. The molecule has 2 aromatic rings. The van der Waals surface area contributed by atoms with Crippen LogP contribution in [0.1, 0.15) is 0 Å². The monoisotopic (exact) mass is 296 g/mol.